The minimum absolute atomic E-state index is 0.186. The van der Waals surface area contributed by atoms with E-state index in [1.54, 1.807) is 18.5 Å². The topological polar surface area (TPSA) is 116 Å². The maximum atomic E-state index is 12.7. The van der Waals surface area contributed by atoms with Gasteiger partial charge in [-0.1, -0.05) is 18.2 Å². The van der Waals surface area contributed by atoms with E-state index < -0.39 is 8.53 Å². The molecule has 0 spiro atoms. The molecule has 12 heteroatoms. The van der Waals surface area contributed by atoms with Crippen molar-refractivity contribution in [2.45, 2.75) is 78.5 Å². The van der Waals surface area contributed by atoms with Gasteiger partial charge in [0.25, 0.3) is 5.91 Å². The number of hydrogen-bond acceptors (Lipinski definition) is 9. The quantitative estimate of drug-likeness (QED) is 0.201. The molecule has 1 fully saturated rings. The standard InChI is InChI=1S/C26H36N7O4P/c1-7-27-16-35-38(33(17(2)3)18(4)5)37-21-13-22(36-19(21)6)32-15-30-23-24(28-14-29-25(23)32)31-26(34)20-11-9-8-10-12-20/h8-12,14-19,21-22H,7,13H2,1-6H3,(H,28,29,31,34)/t19?,21-,22?,38?/m1/s1. The van der Waals surface area contributed by atoms with Crippen molar-refractivity contribution in [1.82, 2.24) is 24.2 Å². The molecule has 3 aromatic rings. The summed E-state index contributed by atoms with van der Waals surface area (Å²) < 4.78 is 22.9. The Morgan fingerprint density at radius 1 is 1.24 bits per heavy atom. The molecule has 3 heterocycles. The molecule has 11 nitrogen and oxygen atoms in total. The molecule has 1 aliphatic heterocycles. The Morgan fingerprint density at radius 3 is 2.66 bits per heavy atom. The third-order valence-electron chi connectivity index (χ3n) is 6.13. The fraction of sp³-hybridized carbons (Fsp3) is 0.500. The summed E-state index contributed by atoms with van der Waals surface area (Å²) in [6, 6.07) is 9.42. The van der Waals surface area contributed by atoms with E-state index in [-0.39, 0.29) is 36.4 Å². The summed E-state index contributed by atoms with van der Waals surface area (Å²) in [7, 11) is -1.39. The van der Waals surface area contributed by atoms with Crippen LogP contribution in [0, 0.1) is 0 Å². The molecule has 1 amide bonds. The molecule has 4 atom stereocenters. The minimum Gasteiger partial charge on any atom is -0.425 e. The molecule has 1 aliphatic rings. The Kier molecular flexibility index (Phi) is 9.38. The van der Waals surface area contributed by atoms with Crippen LogP contribution in [-0.2, 0) is 13.8 Å². The van der Waals surface area contributed by atoms with E-state index in [1.807, 2.05) is 36.6 Å². The van der Waals surface area contributed by atoms with Gasteiger partial charge in [-0.3, -0.25) is 14.4 Å². The zero-order chi connectivity index (χ0) is 27.2. The van der Waals surface area contributed by atoms with Gasteiger partial charge in [0, 0.05) is 30.6 Å². The number of nitrogens with one attached hydrogen (secondary N) is 1. The van der Waals surface area contributed by atoms with Gasteiger partial charge in [0.05, 0.1) is 18.5 Å². The molecule has 0 saturated carbocycles. The molecular weight excluding hydrogens is 505 g/mol. The molecule has 4 rings (SSSR count). The number of fused-ring (bicyclic) bond motifs is 1. The van der Waals surface area contributed by atoms with Crippen LogP contribution in [0.4, 0.5) is 5.82 Å². The number of imidazole rings is 1. The number of carbonyl (C=O) groups is 1. The number of aromatic nitrogens is 4. The van der Waals surface area contributed by atoms with Crippen molar-refractivity contribution in [3.05, 3.63) is 48.5 Å². The molecule has 38 heavy (non-hydrogen) atoms. The van der Waals surface area contributed by atoms with Crippen LogP contribution in [0.1, 0.15) is 64.5 Å². The van der Waals surface area contributed by atoms with E-state index in [0.717, 1.165) is 0 Å². The number of aliphatic imine (C=N–C) groups is 1. The van der Waals surface area contributed by atoms with Gasteiger partial charge in [0.2, 0.25) is 0 Å². The molecule has 0 radical (unpaired) electrons. The monoisotopic (exact) mass is 541 g/mol. The van der Waals surface area contributed by atoms with E-state index in [9.17, 15) is 4.79 Å². The molecule has 1 saturated heterocycles. The number of carbonyl (C=O) groups excluding carboxylic acids is 1. The molecular formula is C26H36N7O4P. The van der Waals surface area contributed by atoms with Gasteiger partial charge in [0.1, 0.15) is 12.6 Å². The van der Waals surface area contributed by atoms with E-state index in [4.69, 9.17) is 13.8 Å². The third kappa shape index (κ3) is 6.35. The Morgan fingerprint density at radius 2 is 1.97 bits per heavy atom. The summed E-state index contributed by atoms with van der Waals surface area (Å²) >= 11 is 0. The average Bonchev–Trinajstić information content (AvgIpc) is 3.48. The second-order valence-corrected chi connectivity index (χ2v) is 10.9. The second kappa shape index (κ2) is 12.7. The van der Waals surface area contributed by atoms with Crippen LogP contribution in [-0.4, -0.2) is 67.3 Å². The molecule has 1 N–H and O–H groups in total. The predicted octanol–water partition coefficient (Wildman–Crippen LogP) is 5.18. The number of rotatable bonds is 11. The SMILES string of the molecule is CCN=COP(O[C@@H]1CC(n2cnc3c(NC(=O)c4ccccc4)ncnc32)OC1C)N(C(C)C)C(C)C. The first-order valence-corrected chi connectivity index (χ1v) is 14.0. The number of hydrogen-bond donors (Lipinski definition) is 1. The number of anilines is 1. The van der Waals surface area contributed by atoms with Crippen LogP contribution in [0.2, 0.25) is 0 Å². The van der Waals surface area contributed by atoms with Crippen LogP contribution < -0.4 is 5.32 Å². The summed E-state index contributed by atoms with van der Waals surface area (Å²) in [6.07, 6.45) is 4.41. The van der Waals surface area contributed by atoms with Crippen LogP contribution >= 0.6 is 8.53 Å². The molecule has 0 bridgehead atoms. The van der Waals surface area contributed by atoms with Gasteiger partial charge < -0.3 is 19.1 Å². The number of ether oxygens (including phenoxy) is 1. The highest BCUT2D eigenvalue weighted by Crippen LogP contribution is 2.49. The van der Waals surface area contributed by atoms with Gasteiger partial charge in [-0.25, -0.2) is 19.6 Å². The summed E-state index contributed by atoms with van der Waals surface area (Å²) in [5.41, 5.74) is 1.59. The smallest absolute Gasteiger partial charge is 0.322 e. The molecule has 0 aliphatic carbocycles. The average molecular weight is 542 g/mol. The highest BCUT2D eigenvalue weighted by Gasteiger charge is 2.40. The summed E-state index contributed by atoms with van der Waals surface area (Å²) in [4.78, 5) is 30.1. The van der Waals surface area contributed by atoms with E-state index in [0.29, 0.717) is 35.5 Å². The Labute approximate surface area is 224 Å². The normalized spacial score (nSPS) is 20.7. The predicted molar refractivity (Wildman–Crippen MR) is 148 cm³/mol. The summed E-state index contributed by atoms with van der Waals surface area (Å²) in [5, 5.41) is 2.84. The first-order chi connectivity index (χ1) is 18.3. The fourth-order valence-electron chi connectivity index (χ4n) is 4.38. The maximum Gasteiger partial charge on any atom is 0.322 e. The second-order valence-electron chi connectivity index (χ2n) is 9.56. The number of nitrogens with zero attached hydrogens (tertiary/aromatic N) is 6. The lowest BCUT2D eigenvalue weighted by Crippen LogP contribution is -2.35. The van der Waals surface area contributed by atoms with Gasteiger partial charge in [-0.05, 0) is 53.7 Å². The summed E-state index contributed by atoms with van der Waals surface area (Å²) in [6.45, 7) is 13.1. The zero-order valence-corrected chi connectivity index (χ0v) is 23.6. The lowest BCUT2D eigenvalue weighted by Gasteiger charge is -2.36. The summed E-state index contributed by atoms with van der Waals surface area (Å²) in [5.74, 6) is 0.0808. The van der Waals surface area contributed by atoms with E-state index >= 15 is 0 Å². The van der Waals surface area contributed by atoms with Crippen molar-refractivity contribution in [3.8, 4) is 0 Å². The Hall–Kier alpha value is -2.98. The van der Waals surface area contributed by atoms with Crippen LogP contribution in [0.3, 0.4) is 0 Å². The fourth-order valence-corrected chi connectivity index (χ4v) is 6.04. The molecule has 1 aromatic carbocycles. The maximum absolute atomic E-state index is 12.7. The lowest BCUT2D eigenvalue weighted by molar-refractivity contribution is -0.00382. The molecule has 3 unspecified atom stereocenters. The van der Waals surface area contributed by atoms with E-state index in [2.05, 4.69) is 57.6 Å². The Balaban J connectivity index is 1.52. The first kappa shape index (κ1) is 28.0. The largest absolute Gasteiger partial charge is 0.425 e. The van der Waals surface area contributed by atoms with Crippen molar-refractivity contribution in [3.63, 3.8) is 0 Å². The molecule has 2 aromatic heterocycles. The van der Waals surface area contributed by atoms with Crippen molar-refractivity contribution in [2.75, 3.05) is 11.9 Å². The van der Waals surface area contributed by atoms with Crippen molar-refractivity contribution >= 4 is 37.8 Å². The minimum atomic E-state index is -1.39. The van der Waals surface area contributed by atoms with Crippen LogP contribution in [0.5, 0.6) is 0 Å². The first-order valence-electron chi connectivity index (χ1n) is 12.9. The van der Waals surface area contributed by atoms with Crippen molar-refractivity contribution < 1.29 is 18.6 Å². The zero-order valence-electron chi connectivity index (χ0n) is 22.7. The Bertz CT molecular complexity index is 1230. The third-order valence-corrected chi connectivity index (χ3v) is 8.16. The van der Waals surface area contributed by atoms with Crippen LogP contribution in [0.15, 0.2) is 48.0 Å². The van der Waals surface area contributed by atoms with Crippen LogP contribution in [0.25, 0.3) is 11.2 Å². The number of amides is 1. The highest BCUT2D eigenvalue weighted by molar-refractivity contribution is 7.45. The molecule has 204 valence electrons. The number of benzene rings is 1. The van der Waals surface area contributed by atoms with Gasteiger partial charge in [0.15, 0.2) is 23.4 Å². The van der Waals surface area contributed by atoms with Gasteiger partial charge in [-0.15, -0.1) is 0 Å². The van der Waals surface area contributed by atoms with Gasteiger partial charge in [-0.2, -0.15) is 0 Å². The van der Waals surface area contributed by atoms with Crippen molar-refractivity contribution in [2.24, 2.45) is 4.99 Å². The van der Waals surface area contributed by atoms with Crippen molar-refractivity contribution in [1.29, 1.82) is 0 Å². The van der Waals surface area contributed by atoms with Gasteiger partial charge >= 0.3 is 8.53 Å². The van der Waals surface area contributed by atoms with E-state index in [1.165, 1.54) is 12.7 Å². The lowest BCUT2D eigenvalue weighted by atomic mass is 10.2. The highest BCUT2D eigenvalue weighted by atomic mass is 31.2.